The molecule has 3 N–H and O–H groups in total. The molecule has 0 heterocycles. The Labute approximate surface area is 88.7 Å². The van der Waals surface area contributed by atoms with Crippen molar-refractivity contribution in [1.29, 1.82) is 0 Å². The van der Waals surface area contributed by atoms with E-state index in [-0.39, 0.29) is 0 Å². The largest absolute Gasteiger partial charge is 0.494 e. The zero-order valence-corrected chi connectivity index (χ0v) is 8.86. The lowest BCUT2D eigenvalue weighted by molar-refractivity contribution is -0.143. The van der Waals surface area contributed by atoms with Gasteiger partial charge in [-0.15, -0.1) is 0 Å². The Morgan fingerprint density at radius 1 is 1.47 bits per heavy atom. The van der Waals surface area contributed by atoms with Gasteiger partial charge in [0.1, 0.15) is 11.3 Å². The summed E-state index contributed by atoms with van der Waals surface area (Å²) >= 11 is 0. The Bertz CT molecular complexity index is 343. The number of rotatable bonds is 4. The highest BCUT2D eigenvalue weighted by atomic mass is 16.5. The van der Waals surface area contributed by atoms with Gasteiger partial charge in [0, 0.05) is 0 Å². The molecule has 0 amide bonds. The number of hydrogen-bond donors (Lipinski definition) is 2. The first-order valence-corrected chi connectivity index (χ1v) is 4.74. The lowest BCUT2D eigenvalue weighted by Crippen LogP contribution is -2.41. The Kier molecular flexibility index (Phi) is 3.31. The molecule has 0 aliphatic rings. The molecule has 0 bridgehead atoms. The molecule has 0 saturated heterocycles. The van der Waals surface area contributed by atoms with Crippen LogP contribution in [-0.2, 0) is 10.3 Å². The maximum Gasteiger partial charge on any atom is 0.328 e. The van der Waals surface area contributed by atoms with Gasteiger partial charge < -0.3 is 15.6 Å². The van der Waals surface area contributed by atoms with Crippen molar-refractivity contribution < 1.29 is 14.6 Å². The van der Waals surface area contributed by atoms with Crippen LogP contribution in [0.25, 0.3) is 0 Å². The van der Waals surface area contributed by atoms with E-state index in [2.05, 4.69) is 0 Å². The van der Waals surface area contributed by atoms with Crippen LogP contribution in [0.2, 0.25) is 0 Å². The highest BCUT2D eigenvalue weighted by molar-refractivity contribution is 5.79. The lowest BCUT2D eigenvalue weighted by atomic mass is 9.93. The first-order chi connectivity index (χ1) is 6.98. The quantitative estimate of drug-likeness (QED) is 0.785. The number of hydrogen-bond acceptors (Lipinski definition) is 3. The van der Waals surface area contributed by atoms with Gasteiger partial charge in [-0.2, -0.15) is 0 Å². The van der Waals surface area contributed by atoms with Crippen molar-refractivity contribution in [3.63, 3.8) is 0 Å². The van der Waals surface area contributed by atoms with Crippen LogP contribution in [0, 0.1) is 0 Å². The van der Waals surface area contributed by atoms with Crippen molar-refractivity contribution in [2.24, 2.45) is 5.73 Å². The predicted octanol–water partition coefficient (Wildman–Crippen LogP) is 1.34. The number of aliphatic carboxylic acids is 1. The van der Waals surface area contributed by atoms with E-state index in [9.17, 15) is 4.79 Å². The molecule has 0 saturated carbocycles. The summed E-state index contributed by atoms with van der Waals surface area (Å²) in [5.41, 5.74) is 4.86. The van der Waals surface area contributed by atoms with Crippen molar-refractivity contribution in [1.82, 2.24) is 0 Å². The van der Waals surface area contributed by atoms with Gasteiger partial charge in [-0.05, 0) is 31.5 Å². The monoisotopic (exact) mass is 209 g/mol. The number of benzene rings is 1. The van der Waals surface area contributed by atoms with E-state index >= 15 is 0 Å². The van der Waals surface area contributed by atoms with Gasteiger partial charge in [-0.3, -0.25) is 0 Å². The number of nitrogens with two attached hydrogens (primary N) is 1. The van der Waals surface area contributed by atoms with Crippen LogP contribution in [0.4, 0.5) is 0 Å². The van der Waals surface area contributed by atoms with E-state index < -0.39 is 11.5 Å². The minimum atomic E-state index is -1.36. The molecule has 1 atom stereocenters. The Morgan fingerprint density at radius 2 is 2.00 bits per heavy atom. The zero-order valence-electron chi connectivity index (χ0n) is 8.86. The first-order valence-electron chi connectivity index (χ1n) is 4.74. The second kappa shape index (κ2) is 4.31. The van der Waals surface area contributed by atoms with Crippen LogP contribution in [-0.4, -0.2) is 17.7 Å². The molecule has 15 heavy (non-hydrogen) atoms. The third-order valence-corrected chi connectivity index (χ3v) is 2.21. The SMILES string of the molecule is CCOc1ccc([C@](C)(N)C(=O)O)cc1. The second-order valence-electron chi connectivity index (χ2n) is 3.46. The molecule has 0 aliphatic carbocycles. The highest BCUT2D eigenvalue weighted by Crippen LogP contribution is 2.21. The smallest absolute Gasteiger partial charge is 0.328 e. The summed E-state index contributed by atoms with van der Waals surface area (Å²) in [5.74, 6) is -0.339. The van der Waals surface area contributed by atoms with E-state index in [4.69, 9.17) is 15.6 Å². The summed E-state index contributed by atoms with van der Waals surface area (Å²) in [6, 6.07) is 6.76. The van der Waals surface area contributed by atoms with Crippen LogP contribution < -0.4 is 10.5 Å². The fraction of sp³-hybridized carbons (Fsp3) is 0.364. The minimum absolute atomic E-state index is 0.554. The summed E-state index contributed by atoms with van der Waals surface area (Å²) in [6.07, 6.45) is 0. The van der Waals surface area contributed by atoms with Gasteiger partial charge >= 0.3 is 5.97 Å². The Morgan fingerprint density at radius 3 is 2.40 bits per heavy atom. The molecular weight excluding hydrogens is 194 g/mol. The maximum atomic E-state index is 10.9. The van der Waals surface area contributed by atoms with Crippen LogP contribution in [0.3, 0.4) is 0 Å². The van der Waals surface area contributed by atoms with Crippen LogP contribution in [0.1, 0.15) is 19.4 Å². The van der Waals surface area contributed by atoms with Gasteiger partial charge in [0.15, 0.2) is 0 Å². The molecule has 0 aromatic heterocycles. The molecular formula is C11H15NO3. The van der Waals surface area contributed by atoms with Gasteiger partial charge in [-0.25, -0.2) is 4.79 Å². The maximum absolute atomic E-state index is 10.9. The molecule has 0 unspecified atom stereocenters. The summed E-state index contributed by atoms with van der Waals surface area (Å²) in [7, 11) is 0. The molecule has 0 aliphatic heterocycles. The van der Waals surface area contributed by atoms with Crippen molar-refractivity contribution >= 4 is 5.97 Å². The van der Waals surface area contributed by atoms with Crippen molar-refractivity contribution in [3.05, 3.63) is 29.8 Å². The Balaban J connectivity index is 2.93. The summed E-state index contributed by atoms with van der Waals surface area (Å²) in [5, 5.41) is 8.91. The number of carboxylic acids is 1. The first kappa shape index (κ1) is 11.5. The fourth-order valence-electron chi connectivity index (χ4n) is 1.19. The van der Waals surface area contributed by atoms with Crippen molar-refractivity contribution in [2.45, 2.75) is 19.4 Å². The van der Waals surface area contributed by atoms with Crippen LogP contribution in [0.15, 0.2) is 24.3 Å². The highest BCUT2D eigenvalue weighted by Gasteiger charge is 2.29. The number of carbonyl (C=O) groups is 1. The van der Waals surface area contributed by atoms with E-state index in [0.717, 1.165) is 0 Å². The number of carboxylic acid groups (broad SMARTS) is 1. The van der Waals surface area contributed by atoms with Crippen LogP contribution >= 0.6 is 0 Å². The normalized spacial score (nSPS) is 14.3. The molecule has 4 nitrogen and oxygen atoms in total. The molecule has 0 fully saturated rings. The molecule has 1 aromatic carbocycles. The molecule has 0 spiro atoms. The Hall–Kier alpha value is -1.55. The molecule has 1 aromatic rings. The van der Waals surface area contributed by atoms with Crippen molar-refractivity contribution in [2.75, 3.05) is 6.61 Å². The standard InChI is InChI=1S/C11H15NO3/c1-3-15-9-6-4-8(5-7-9)11(2,12)10(13)14/h4-7H,3,12H2,1-2H3,(H,13,14)/t11-/m0/s1. The average Bonchev–Trinajstić information content (AvgIpc) is 2.19. The summed E-state index contributed by atoms with van der Waals surface area (Å²) in [4.78, 5) is 10.9. The van der Waals surface area contributed by atoms with Gasteiger partial charge in [-0.1, -0.05) is 12.1 Å². The number of ether oxygens (including phenoxy) is 1. The fourth-order valence-corrected chi connectivity index (χ4v) is 1.19. The summed E-state index contributed by atoms with van der Waals surface area (Å²) in [6.45, 7) is 3.93. The lowest BCUT2D eigenvalue weighted by Gasteiger charge is -2.19. The third kappa shape index (κ3) is 2.47. The van der Waals surface area contributed by atoms with E-state index in [1.165, 1.54) is 6.92 Å². The van der Waals surface area contributed by atoms with Gasteiger partial charge in [0.25, 0.3) is 0 Å². The molecule has 0 radical (unpaired) electrons. The molecule has 1 rings (SSSR count). The predicted molar refractivity (Wildman–Crippen MR) is 56.8 cm³/mol. The third-order valence-electron chi connectivity index (χ3n) is 2.21. The van der Waals surface area contributed by atoms with Gasteiger partial charge in [0.2, 0.25) is 0 Å². The van der Waals surface area contributed by atoms with E-state index in [1.807, 2.05) is 6.92 Å². The summed E-state index contributed by atoms with van der Waals surface area (Å²) < 4.78 is 5.25. The van der Waals surface area contributed by atoms with Crippen molar-refractivity contribution in [3.8, 4) is 5.75 Å². The van der Waals surface area contributed by atoms with Gasteiger partial charge in [0.05, 0.1) is 6.61 Å². The van der Waals surface area contributed by atoms with E-state index in [0.29, 0.717) is 17.9 Å². The zero-order chi connectivity index (χ0) is 11.5. The molecule has 4 heteroatoms. The second-order valence-corrected chi connectivity index (χ2v) is 3.46. The average molecular weight is 209 g/mol. The van der Waals surface area contributed by atoms with E-state index in [1.54, 1.807) is 24.3 Å². The topological polar surface area (TPSA) is 72.5 Å². The molecule has 82 valence electrons. The minimum Gasteiger partial charge on any atom is -0.494 e. The van der Waals surface area contributed by atoms with Crippen LogP contribution in [0.5, 0.6) is 5.75 Å².